The maximum absolute atomic E-state index is 6.45. The van der Waals surface area contributed by atoms with E-state index in [4.69, 9.17) is 21.6 Å². The Labute approximate surface area is 219 Å². The lowest BCUT2D eigenvalue weighted by atomic mass is 9.73. The van der Waals surface area contributed by atoms with Gasteiger partial charge in [-0.2, -0.15) is 0 Å². The number of piperidine rings is 1. The molecule has 192 valence electrons. The zero-order chi connectivity index (χ0) is 25.7. The number of aromatic nitrogens is 5. The summed E-state index contributed by atoms with van der Waals surface area (Å²) in [6.45, 7) is 13.3. The second-order valence-electron chi connectivity index (χ2n) is 10.0. The molecule has 1 saturated heterocycles. The number of hydrogen-bond donors (Lipinski definition) is 2. The largest absolute Gasteiger partial charge is 0.342 e. The number of H-pyrrole nitrogens is 1. The molecule has 0 bridgehead atoms. The van der Waals surface area contributed by atoms with Crippen molar-refractivity contribution in [1.82, 2.24) is 30.2 Å². The molecule has 0 spiro atoms. The van der Waals surface area contributed by atoms with E-state index in [0.717, 1.165) is 56.3 Å². The van der Waals surface area contributed by atoms with Crippen LogP contribution in [0.2, 0.25) is 5.02 Å². The van der Waals surface area contributed by atoms with E-state index >= 15 is 0 Å². The fourth-order valence-electron chi connectivity index (χ4n) is 5.40. The van der Waals surface area contributed by atoms with Crippen molar-refractivity contribution in [3.63, 3.8) is 0 Å². The molecule has 3 aromatic heterocycles. The molecule has 1 aromatic carbocycles. The van der Waals surface area contributed by atoms with E-state index in [-0.39, 0.29) is 5.92 Å². The summed E-state index contributed by atoms with van der Waals surface area (Å²) in [6.07, 6.45) is 11.2. The van der Waals surface area contributed by atoms with Crippen LogP contribution in [-0.2, 0) is 6.42 Å². The molecule has 4 heterocycles. The Balaban J connectivity index is 0.000000233. The highest BCUT2D eigenvalue weighted by atomic mass is 35.5. The Morgan fingerprint density at radius 2 is 1.75 bits per heavy atom. The second kappa shape index (κ2) is 11.7. The summed E-state index contributed by atoms with van der Waals surface area (Å²) in [4.78, 5) is 21.5. The minimum Gasteiger partial charge on any atom is -0.342 e. The lowest BCUT2D eigenvalue weighted by Gasteiger charge is -2.36. The number of nitrogens with one attached hydrogen (secondary N) is 2. The molecule has 5 rings (SSSR count). The van der Waals surface area contributed by atoms with E-state index < -0.39 is 0 Å². The molecule has 2 N–H and O–H groups in total. The molecule has 7 heteroatoms. The van der Waals surface area contributed by atoms with E-state index in [1.165, 1.54) is 45.2 Å². The molecule has 6 nitrogen and oxygen atoms in total. The van der Waals surface area contributed by atoms with E-state index in [9.17, 15) is 0 Å². The first kappa shape index (κ1) is 26.5. The third kappa shape index (κ3) is 5.55. The van der Waals surface area contributed by atoms with E-state index in [2.05, 4.69) is 60.1 Å². The molecule has 0 aliphatic carbocycles. The fourth-order valence-corrected chi connectivity index (χ4v) is 5.81. The molecule has 0 radical (unpaired) electrons. The Bertz CT molecular complexity index is 1300. The van der Waals surface area contributed by atoms with Gasteiger partial charge >= 0.3 is 0 Å². The highest BCUT2D eigenvalue weighted by Gasteiger charge is 2.28. The number of rotatable bonds is 6. The first-order chi connectivity index (χ1) is 17.4. The maximum Gasteiger partial charge on any atom is 0.143 e. The summed E-state index contributed by atoms with van der Waals surface area (Å²) < 4.78 is 0. The third-order valence-electron chi connectivity index (χ3n) is 7.79. The van der Waals surface area contributed by atoms with Crippen molar-refractivity contribution in [2.24, 2.45) is 5.41 Å². The molecule has 1 unspecified atom stereocenters. The zero-order valence-electron chi connectivity index (χ0n) is 22.3. The van der Waals surface area contributed by atoms with Gasteiger partial charge in [0.2, 0.25) is 0 Å². The summed E-state index contributed by atoms with van der Waals surface area (Å²) in [5, 5.41) is 5.08. The summed E-state index contributed by atoms with van der Waals surface area (Å²) in [6, 6.07) is 6.10. The molecule has 1 atom stereocenters. The van der Waals surface area contributed by atoms with Crippen LogP contribution in [0.15, 0.2) is 30.6 Å². The summed E-state index contributed by atoms with van der Waals surface area (Å²) >= 11 is 6.45. The molecule has 4 aromatic rings. The van der Waals surface area contributed by atoms with E-state index in [1.54, 1.807) is 12.4 Å². The summed E-state index contributed by atoms with van der Waals surface area (Å²) in [7, 11) is 0. The number of benzene rings is 1. The van der Waals surface area contributed by atoms with Gasteiger partial charge in [0.25, 0.3) is 0 Å². The first-order valence-corrected chi connectivity index (χ1v) is 13.7. The number of halogens is 1. The number of fused-ring (bicyclic) bond motifs is 2. The van der Waals surface area contributed by atoms with Crippen LogP contribution in [0.4, 0.5) is 0 Å². The van der Waals surface area contributed by atoms with Gasteiger partial charge in [-0.05, 0) is 68.8 Å². The highest BCUT2D eigenvalue weighted by molar-refractivity contribution is 6.36. The Kier molecular flexibility index (Phi) is 8.58. The van der Waals surface area contributed by atoms with Gasteiger partial charge in [-0.25, -0.2) is 9.97 Å². The van der Waals surface area contributed by atoms with Crippen LogP contribution in [0, 0.1) is 12.3 Å². The van der Waals surface area contributed by atoms with Crippen LogP contribution in [0.1, 0.15) is 88.5 Å². The van der Waals surface area contributed by atoms with Gasteiger partial charge in [0, 0.05) is 24.0 Å². The minimum absolute atomic E-state index is 0.0432. The minimum atomic E-state index is 0.0432. The number of nitrogens with zero attached hydrogens (tertiary/aromatic N) is 4. The van der Waals surface area contributed by atoms with Crippen molar-refractivity contribution in [3.05, 3.63) is 58.4 Å². The van der Waals surface area contributed by atoms with Crippen molar-refractivity contribution in [3.8, 4) is 0 Å². The fraction of sp³-hybridized carbons (Fsp3) is 0.517. The van der Waals surface area contributed by atoms with Gasteiger partial charge in [0.1, 0.15) is 11.5 Å². The lowest BCUT2D eigenvalue weighted by Crippen LogP contribution is -2.36. The Morgan fingerprint density at radius 3 is 2.42 bits per heavy atom. The second-order valence-corrected chi connectivity index (χ2v) is 10.4. The Hall–Kier alpha value is -2.57. The van der Waals surface area contributed by atoms with Gasteiger partial charge in [0.15, 0.2) is 0 Å². The van der Waals surface area contributed by atoms with Crippen molar-refractivity contribution < 1.29 is 0 Å². The topological polar surface area (TPSA) is 79.4 Å². The standard InChI is InChI=1S/C19H18ClN5.C10H21N/c1-4-13-17(20)16-11(3)23-18(25-19(16)24-13)10(2)12-5-6-14-15(9-12)22-8-7-21-14;1-3-5-10(4-2)6-8-11-9-7-10/h5-10H,4H2,1-3H3,(H,23,24,25);11H,3-9H2,1-2H3. The number of hydrogen-bond acceptors (Lipinski definition) is 5. The molecular formula is C29H39ClN6. The van der Waals surface area contributed by atoms with Gasteiger partial charge in [-0.1, -0.05) is 58.2 Å². The van der Waals surface area contributed by atoms with Crippen LogP contribution in [-0.4, -0.2) is 38.0 Å². The lowest BCUT2D eigenvalue weighted by molar-refractivity contribution is 0.175. The van der Waals surface area contributed by atoms with Crippen LogP contribution in [0.5, 0.6) is 0 Å². The van der Waals surface area contributed by atoms with Gasteiger partial charge in [-0.15, -0.1) is 0 Å². The van der Waals surface area contributed by atoms with Crippen molar-refractivity contribution in [2.45, 2.75) is 79.1 Å². The Morgan fingerprint density at radius 1 is 1.03 bits per heavy atom. The predicted molar refractivity (Wildman–Crippen MR) is 150 cm³/mol. The van der Waals surface area contributed by atoms with Gasteiger partial charge in [0.05, 0.1) is 27.1 Å². The van der Waals surface area contributed by atoms with E-state index in [0.29, 0.717) is 5.41 Å². The molecule has 1 aliphatic heterocycles. The maximum atomic E-state index is 6.45. The third-order valence-corrected chi connectivity index (χ3v) is 8.21. The molecule has 36 heavy (non-hydrogen) atoms. The van der Waals surface area contributed by atoms with Gasteiger partial charge in [-0.3, -0.25) is 9.97 Å². The summed E-state index contributed by atoms with van der Waals surface area (Å²) in [5.74, 6) is 0.815. The highest BCUT2D eigenvalue weighted by Crippen LogP contribution is 2.37. The number of aryl methyl sites for hydroxylation is 2. The molecule has 0 amide bonds. The number of aromatic amines is 1. The normalized spacial score (nSPS) is 16.1. The summed E-state index contributed by atoms with van der Waals surface area (Å²) in [5.41, 5.74) is 6.28. The zero-order valence-corrected chi connectivity index (χ0v) is 23.0. The smallest absolute Gasteiger partial charge is 0.143 e. The van der Waals surface area contributed by atoms with Crippen LogP contribution in [0.25, 0.3) is 22.1 Å². The van der Waals surface area contributed by atoms with Crippen molar-refractivity contribution in [1.29, 1.82) is 0 Å². The van der Waals surface area contributed by atoms with Crippen LogP contribution in [0.3, 0.4) is 0 Å². The quantitative estimate of drug-likeness (QED) is 0.290. The first-order valence-electron chi connectivity index (χ1n) is 13.4. The monoisotopic (exact) mass is 506 g/mol. The SMILES string of the molecule is CCCC1(CC)CCNCC1.CCc1[nH]c2nc(C(C)c3ccc4nccnc4c3)nc(C)c2c1Cl. The molecular weight excluding hydrogens is 468 g/mol. The van der Waals surface area contributed by atoms with Gasteiger partial charge < -0.3 is 10.3 Å². The predicted octanol–water partition coefficient (Wildman–Crippen LogP) is 7.14. The molecule has 0 saturated carbocycles. The molecule has 1 fully saturated rings. The average Bonchev–Trinajstić information content (AvgIpc) is 3.24. The van der Waals surface area contributed by atoms with E-state index in [1.807, 2.05) is 13.0 Å². The molecule has 1 aliphatic rings. The average molecular weight is 507 g/mol. The van der Waals surface area contributed by atoms with Crippen LogP contribution >= 0.6 is 11.6 Å². The van der Waals surface area contributed by atoms with Crippen LogP contribution < -0.4 is 5.32 Å². The van der Waals surface area contributed by atoms with Crippen molar-refractivity contribution >= 4 is 33.7 Å². The van der Waals surface area contributed by atoms with Crippen molar-refractivity contribution in [2.75, 3.05) is 13.1 Å².